The van der Waals surface area contributed by atoms with Crippen LogP contribution in [0.25, 0.3) is 6.08 Å². The van der Waals surface area contributed by atoms with E-state index < -0.39 is 23.4 Å². The SMILES string of the molecule is O=C(c1ccccc1)C1C(C(=O)c2ccc(Cl)cc2)C2(C(=O)Nc3ccccc32)C2C=Cc3cc(Cl)ccc3N12. The van der Waals surface area contributed by atoms with Crippen molar-refractivity contribution in [2.24, 2.45) is 5.92 Å². The molecule has 0 radical (unpaired) electrons. The van der Waals surface area contributed by atoms with Gasteiger partial charge in [0.05, 0.1) is 12.0 Å². The maximum atomic E-state index is 14.7. The third kappa shape index (κ3) is 3.44. The predicted octanol–water partition coefficient (Wildman–Crippen LogP) is 6.85. The molecule has 1 saturated heterocycles. The van der Waals surface area contributed by atoms with E-state index in [2.05, 4.69) is 5.32 Å². The Morgan fingerprint density at radius 1 is 0.775 bits per heavy atom. The predicted molar refractivity (Wildman–Crippen MR) is 157 cm³/mol. The number of carbonyl (C=O) groups excluding carboxylic acids is 3. The molecule has 40 heavy (non-hydrogen) atoms. The smallest absolute Gasteiger partial charge is 0.238 e. The number of nitrogens with zero attached hydrogens (tertiary/aromatic N) is 1. The van der Waals surface area contributed by atoms with Crippen LogP contribution in [-0.2, 0) is 10.2 Å². The zero-order valence-electron chi connectivity index (χ0n) is 21.1. The Bertz CT molecular complexity index is 1730. The van der Waals surface area contributed by atoms with Gasteiger partial charge in [-0.2, -0.15) is 0 Å². The van der Waals surface area contributed by atoms with Gasteiger partial charge in [0.2, 0.25) is 5.91 Å². The summed E-state index contributed by atoms with van der Waals surface area (Å²) in [4.78, 5) is 45.5. The Balaban J connectivity index is 1.54. The van der Waals surface area contributed by atoms with Crippen molar-refractivity contribution in [1.82, 2.24) is 0 Å². The molecule has 7 rings (SSSR count). The number of benzene rings is 4. The van der Waals surface area contributed by atoms with E-state index in [-0.39, 0.29) is 17.5 Å². The van der Waals surface area contributed by atoms with Crippen LogP contribution in [0.5, 0.6) is 0 Å². The van der Waals surface area contributed by atoms with E-state index in [9.17, 15) is 14.4 Å². The number of halogens is 2. The fourth-order valence-corrected chi connectivity index (χ4v) is 7.02. The highest BCUT2D eigenvalue weighted by Crippen LogP contribution is 2.58. The summed E-state index contributed by atoms with van der Waals surface area (Å²) >= 11 is 12.5. The molecule has 0 bridgehead atoms. The molecule has 3 aliphatic rings. The number of hydrogen-bond acceptors (Lipinski definition) is 4. The topological polar surface area (TPSA) is 66.5 Å². The molecule has 4 aromatic carbocycles. The van der Waals surface area contributed by atoms with E-state index in [0.29, 0.717) is 32.4 Å². The molecule has 1 N–H and O–H groups in total. The van der Waals surface area contributed by atoms with Crippen molar-refractivity contribution in [1.29, 1.82) is 0 Å². The van der Waals surface area contributed by atoms with Gasteiger partial charge in [-0.1, -0.05) is 83.9 Å². The maximum absolute atomic E-state index is 14.7. The number of anilines is 2. The summed E-state index contributed by atoms with van der Waals surface area (Å²) in [6.07, 6.45) is 3.86. The Morgan fingerprint density at radius 3 is 2.23 bits per heavy atom. The van der Waals surface area contributed by atoms with Gasteiger partial charge < -0.3 is 10.2 Å². The lowest BCUT2D eigenvalue weighted by Crippen LogP contribution is -2.51. The molecular weight excluding hydrogens is 543 g/mol. The summed E-state index contributed by atoms with van der Waals surface area (Å²) in [5.41, 5.74) is 2.39. The molecule has 7 heteroatoms. The molecule has 0 aromatic heterocycles. The lowest BCUT2D eigenvalue weighted by molar-refractivity contribution is -0.121. The van der Waals surface area contributed by atoms with Crippen molar-refractivity contribution >= 4 is 58.1 Å². The van der Waals surface area contributed by atoms with E-state index >= 15 is 0 Å². The van der Waals surface area contributed by atoms with Crippen LogP contribution in [0, 0.1) is 5.92 Å². The molecule has 4 unspecified atom stereocenters. The zero-order chi connectivity index (χ0) is 27.6. The van der Waals surface area contributed by atoms with Gasteiger partial charge >= 0.3 is 0 Å². The summed E-state index contributed by atoms with van der Waals surface area (Å²) in [6.45, 7) is 0. The van der Waals surface area contributed by atoms with Crippen LogP contribution < -0.4 is 10.2 Å². The number of amides is 1. The van der Waals surface area contributed by atoms with Crippen LogP contribution >= 0.6 is 23.2 Å². The summed E-state index contributed by atoms with van der Waals surface area (Å²) in [7, 11) is 0. The Labute approximate surface area is 241 Å². The fourth-order valence-electron chi connectivity index (χ4n) is 6.72. The summed E-state index contributed by atoms with van der Waals surface area (Å²) in [5.74, 6) is -1.87. The minimum atomic E-state index is -1.36. The van der Waals surface area contributed by atoms with Crippen LogP contribution in [0.1, 0.15) is 31.8 Å². The molecule has 4 aromatic rings. The van der Waals surface area contributed by atoms with Crippen molar-refractivity contribution in [3.05, 3.63) is 135 Å². The molecule has 3 aliphatic heterocycles. The van der Waals surface area contributed by atoms with Gasteiger partial charge in [-0.15, -0.1) is 0 Å². The van der Waals surface area contributed by atoms with Crippen molar-refractivity contribution in [2.45, 2.75) is 17.5 Å². The van der Waals surface area contributed by atoms with Crippen molar-refractivity contribution < 1.29 is 14.4 Å². The van der Waals surface area contributed by atoms with Gasteiger partial charge in [-0.05, 0) is 59.7 Å². The quantitative estimate of drug-likeness (QED) is 0.275. The lowest BCUT2D eigenvalue weighted by atomic mass is 9.64. The van der Waals surface area contributed by atoms with Gasteiger partial charge in [0.1, 0.15) is 11.5 Å². The Kier molecular flexibility index (Phi) is 5.70. The standard InChI is InChI=1S/C33H22Cl2N2O3/c34-22-13-10-20(11-14-22)30(38)28-29(31(39)19-6-2-1-3-7-19)37-26-16-15-23(35)18-21(26)12-17-27(37)33(28)24-8-4-5-9-25(24)36-32(33)40/h1-18,27-29H,(H,36,40). The molecular formula is C33H22Cl2N2O3. The van der Waals surface area contributed by atoms with E-state index in [1.807, 2.05) is 59.5 Å². The first kappa shape index (κ1) is 24.8. The average molecular weight is 565 g/mol. The van der Waals surface area contributed by atoms with E-state index in [4.69, 9.17) is 23.2 Å². The van der Waals surface area contributed by atoms with Crippen molar-refractivity contribution in [3.63, 3.8) is 0 Å². The van der Waals surface area contributed by atoms with E-state index in [1.54, 1.807) is 54.6 Å². The highest BCUT2D eigenvalue weighted by Gasteiger charge is 2.70. The number of para-hydroxylation sites is 1. The van der Waals surface area contributed by atoms with Crippen LogP contribution in [-0.4, -0.2) is 29.6 Å². The van der Waals surface area contributed by atoms with Crippen LogP contribution in [0.3, 0.4) is 0 Å². The highest BCUT2D eigenvalue weighted by molar-refractivity contribution is 6.31. The molecule has 196 valence electrons. The number of carbonyl (C=O) groups is 3. The molecule has 3 heterocycles. The molecule has 1 spiro atoms. The molecule has 5 nitrogen and oxygen atoms in total. The number of hydrogen-bond donors (Lipinski definition) is 1. The lowest BCUT2D eigenvalue weighted by Gasteiger charge is -2.37. The number of ketones is 2. The van der Waals surface area contributed by atoms with Gasteiger partial charge in [-0.25, -0.2) is 0 Å². The minimum Gasteiger partial charge on any atom is -0.352 e. The number of fused-ring (bicyclic) bond motifs is 6. The van der Waals surface area contributed by atoms with Crippen LogP contribution in [0.4, 0.5) is 11.4 Å². The third-order valence-electron chi connectivity index (χ3n) is 8.33. The number of rotatable bonds is 4. The first-order chi connectivity index (χ1) is 19.4. The number of nitrogens with one attached hydrogen (secondary N) is 1. The first-order valence-electron chi connectivity index (χ1n) is 13.0. The van der Waals surface area contributed by atoms with Crippen LogP contribution in [0.2, 0.25) is 10.0 Å². The highest BCUT2D eigenvalue weighted by atomic mass is 35.5. The number of Topliss-reactive ketones (excluding diaryl/α,β-unsaturated/α-hetero) is 2. The van der Waals surface area contributed by atoms with Gasteiger partial charge in [-0.3, -0.25) is 14.4 Å². The minimum absolute atomic E-state index is 0.233. The summed E-state index contributed by atoms with van der Waals surface area (Å²) in [5, 5.41) is 4.08. The molecule has 1 fully saturated rings. The maximum Gasteiger partial charge on any atom is 0.238 e. The second-order valence-electron chi connectivity index (χ2n) is 10.3. The first-order valence-corrected chi connectivity index (χ1v) is 13.7. The van der Waals surface area contributed by atoms with Gasteiger partial charge in [0, 0.05) is 32.5 Å². The largest absolute Gasteiger partial charge is 0.352 e. The van der Waals surface area contributed by atoms with Gasteiger partial charge in [0.15, 0.2) is 11.6 Å². The zero-order valence-corrected chi connectivity index (χ0v) is 22.6. The summed E-state index contributed by atoms with van der Waals surface area (Å²) < 4.78 is 0. The Morgan fingerprint density at radius 2 is 1.45 bits per heavy atom. The molecule has 0 saturated carbocycles. The molecule has 0 aliphatic carbocycles. The van der Waals surface area contributed by atoms with Gasteiger partial charge in [0.25, 0.3) is 0 Å². The summed E-state index contributed by atoms with van der Waals surface area (Å²) in [6, 6.07) is 26.9. The average Bonchev–Trinajstić information content (AvgIpc) is 3.45. The second-order valence-corrected chi connectivity index (χ2v) is 11.2. The van der Waals surface area contributed by atoms with E-state index in [1.165, 1.54) is 0 Å². The Hall–Kier alpha value is -4.19. The monoisotopic (exact) mass is 564 g/mol. The normalized spacial score (nSPS) is 23.9. The van der Waals surface area contributed by atoms with Crippen molar-refractivity contribution in [2.75, 3.05) is 10.2 Å². The van der Waals surface area contributed by atoms with Crippen molar-refractivity contribution in [3.8, 4) is 0 Å². The van der Waals surface area contributed by atoms with E-state index in [0.717, 1.165) is 11.3 Å². The van der Waals surface area contributed by atoms with Crippen LogP contribution in [0.15, 0.2) is 103 Å². The third-order valence-corrected chi connectivity index (χ3v) is 8.82. The second kappa shape index (κ2) is 9.19. The molecule has 1 amide bonds. The fraction of sp³-hybridized carbons (Fsp3) is 0.121. The molecule has 4 atom stereocenters.